The van der Waals surface area contributed by atoms with Gasteiger partial charge >= 0.3 is 0 Å². The van der Waals surface area contributed by atoms with E-state index < -0.39 is 0 Å². The second-order valence-corrected chi connectivity index (χ2v) is 8.90. The molecule has 0 spiro atoms. The van der Waals surface area contributed by atoms with Crippen molar-refractivity contribution in [3.8, 4) is 11.5 Å². The Morgan fingerprint density at radius 2 is 1.79 bits per heavy atom. The van der Waals surface area contributed by atoms with E-state index in [9.17, 15) is 4.79 Å². The Morgan fingerprint density at radius 1 is 1.11 bits per heavy atom. The lowest BCUT2D eigenvalue weighted by molar-refractivity contribution is -0.125. The summed E-state index contributed by atoms with van der Waals surface area (Å²) in [5, 5.41) is 3.45. The van der Waals surface area contributed by atoms with Crippen LogP contribution in [-0.2, 0) is 10.3 Å². The van der Waals surface area contributed by atoms with Crippen LogP contribution in [0.15, 0.2) is 18.2 Å². The molecule has 5 nitrogen and oxygen atoms in total. The number of hydrogen-bond acceptors (Lipinski definition) is 4. The van der Waals surface area contributed by atoms with Crippen molar-refractivity contribution in [2.24, 2.45) is 0 Å². The lowest BCUT2D eigenvalue weighted by Gasteiger charge is -2.36. The molecular formula is C23H34N2O3. The topological polar surface area (TPSA) is 50.8 Å². The van der Waals surface area contributed by atoms with Gasteiger partial charge in [0.05, 0.1) is 12.1 Å². The number of carbonyl (C=O) groups excluding carboxylic acids is 1. The molecule has 3 aliphatic rings. The number of hydrogen-bond donors (Lipinski definition) is 1. The van der Waals surface area contributed by atoms with E-state index in [4.69, 9.17) is 9.47 Å². The summed E-state index contributed by atoms with van der Waals surface area (Å²) in [6.45, 7) is 6.09. The highest BCUT2D eigenvalue weighted by atomic mass is 16.6. The van der Waals surface area contributed by atoms with Crippen LogP contribution in [-0.4, -0.2) is 42.6 Å². The van der Waals surface area contributed by atoms with Crippen LogP contribution in [0, 0.1) is 0 Å². The molecule has 0 unspecified atom stereocenters. The zero-order valence-electron chi connectivity index (χ0n) is 17.3. The van der Waals surface area contributed by atoms with Gasteiger partial charge in [0.25, 0.3) is 0 Å². The maximum absolute atomic E-state index is 13.1. The molecule has 4 rings (SSSR count). The molecule has 1 aromatic carbocycles. The van der Waals surface area contributed by atoms with Crippen molar-refractivity contribution >= 4 is 5.91 Å². The van der Waals surface area contributed by atoms with Gasteiger partial charge < -0.3 is 14.8 Å². The summed E-state index contributed by atoms with van der Waals surface area (Å²) in [5.41, 5.74) is 0.880. The third-order valence-corrected chi connectivity index (χ3v) is 6.71. The van der Waals surface area contributed by atoms with Gasteiger partial charge in [-0.1, -0.05) is 31.7 Å². The van der Waals surface area contributed by atoms with Crippen molar-refractivity contribution in [1.82, 2.24) is 10.2 Å². The Kier molecular flexibility index (Phi) is 5.81. The van der Waals surface area contributed by atoms with E-state index in [1.807, 2.05) is 6.07 Å². The highest BCUT2D eigenvalue weighted by Crippen LogP contribution is 2.42. The Hall–Kier alpha value is -1.75. The molecule has 0 radical (unpaired) electrons. The predicted octanol–water partition coefficient (Wildman–Crippen LogP) is 4.00. The minimum atomic E-state index is -0.273. The zero-order chi connectivity index (χ0) is 19.6. The Bertz CT molecular complexity index is 691. The van der Waals surface area contributed by atoms with Crippen LogP contribution in [0.25, 0.3) is 0 Å². The summed E-state index contributed by atoms with van der Waals surface area (Å²) in [4.78, 5) is 15.5. The predicted molar refractivity (Wildman–Crippen MR) is 110 cm³/mol. The fraction of sp³-hybridized carbons (Fsp3) is 0.696. The van der Waals surface area contributed by atoms with Gasteiger partial charge in [0.1, 0.15) is 13.2 Å². The normalized spacial score (nSPS) is 21.4. The maximum Gasteiger partial charge on any atom is 0.234 e. The Labute approximate surface area is 168 Å². The van der Waals surface area contributed by atoms with Crippen molar-refractivity contribution in [3.05, 3.63) is 23.8 Å². The first-order chi connectivity index (χ1) is 13.6. The Morgan fingerprint density at radius 3 is 2.46 bits per heavy atom. The first-order valence-electron chi connectivity index (χ1n) is 11.0. The highest BCUT2D eigenvalue weighted by Gasteiger charge is 2.38. The molecule has 1 heterocycles. The minimum absolute atomic E-state index is 0.150. The fourth-order valence-electron chi connectivity index (χ4n) is 5.25. The number of nitrogens with zero attached hydrogens (tertiary/aromatic N) is 1. The van der Waals surface area contributed by atoms with E-state index in [0.717, 1.165) is 42.7 Å². The number of fused-ring (bicyclic) bond motifs is 1. The fourth-order valence-corrected chi connectivity index (χ4v) is 5.25. The average Bonchev–Trinajstić information content (AvgIpc) is 3.38. The molecule has 1 aromatic rings. The van der Waals surface area contributed by atoms with Crippen molar-refractivity contribution < 1.29 is 14.3 Å². The third kappa shape index (κ3) is 4.00. The van der Waals surface area contributed by atoms with E-state index in [1.165, 1.54) is 25.7 Å². The molecular weight excluding hydrogens is 352 g/mol. The highest BCUT2D eigenvalue weighted by molar-refractivity contribution is 5.79. The second-order valence-electron chi connectivity index (χ2n) is 8.90. The lowest BCUT2D eigenvalue weighted by Crippen LogP contribution is -2.51. The smallest absolute Gasteiger partial charge is 0.234 e. The molecule has 28 heavy (non-hydrogen) atoms. The molecule has 2 aliphatic carbocycles. The maximum atomic E-state index is 13.1. The minimum Gasteiger partial charge on any atom is -0.486 e. The summed E-state index contributed by atoms with van der Waals surface area (Å²) in [5.74, 6) is 1.76. The number of amides is 1. The van der Waals surface area contributed by atoms with Crippen molar-refractivity contribution in [1.29, 1.82) is 0 Å². The van der Waals surface area contributed by atoms with Crippen molar-refractivity contribution in [2.75, 3.05) is 19.8 Å². The molecule has 2 fully saturated rings. The molecule has 0 atom stereocenters. The van der Waals surface area contributed by atoms with Gasteiger partial charge in [-0.15, -0.1) is 0 Å². The molecule has 0 aromatic heterocycles. The van der Waals surface area contributed by atoms with E-state index in [1.54, 1.807) is 0 Å². The molecule has 1 N–H and O–H groups in total. The second kappa shape index (κ2) is 8.32. The molecule has 0 saturated heterocycles. The van der Waals surface area contributed by atoms with Crippen LogP contribution in [0.5, 0.6) is 11.5 Å². The van der Waals surface area contributed by atoms with Gasteiger partial charge in [0, 0.05) is 12.1 Å². The van der Waals surface area contributed by atoms with Crippen LogP contribution in [0.1, 0.15) is 70.8 Å². The van der Waals surface area contributed by atoms with Gasteiger partial charge in [-0.3, -0.25) is 9.69 Å². The van der Waals surface area contributed by atoms with Crippen LogP contribution in [0.3, 0.4) is 0 Å². The quantitative estimate of drug-likeness (QED) is 0.803. The molecule has 5 heteroatoms. The van der Waals surface area contributed by atoms with Crippen LogP contribution >= 0.6 is 0 Å². The van der Waals surface area contributed by atoms with Crippen molar-refractivity contribution in [3.63, 3.8) is 0 Å². The number of carbonyl (C=O) groups is 1. The SMILES string of the molecule is CC(C)N(CC(=O)NC1(c2ccc3c(c2)OCCO3)CCCC1)C1CCCC1. The van der Waals surface area contributed by atoms with E-state index >= 15 is 0 Å². The van der Waals surface area contributed by atoms with Gasteiger partial charge in [0.15, 0.2) is 11.5 Å². The van der Waals surface area contributed by atoms with Crippen LogP contribution in [0.2, 0.25) is 0 Å². The van der Waals surface area contributed by atoms with Crippen LogP contribution < -0.4 is 14.8 Å². The van der Waals surface area contributed by atoms with E-state index in [2.05, 4.69) is 36.2 Å². The lowest BCUT2D eigenvalue weighted by atomic mass is 9.87. The van der Waals surface area contributed by atoms with E-state index in [0.29, 0.717) is 31.8 Å². The standard InChI is InChI=1S/C23H34N2O3/c1-17(2)25(19-7-3-4-8-19)16-22(26)24-23(11-5-6-12-23)18-9-10-20-21(15-18)28-14-13-27-20/h9-10,15,17,19H,3-8,11-14,16H2,1-2H3,(H,24,26). The summed E-state index contributed by atoms with van der Waals surface area (Å²) < 4.78 is 11.5. The van der Waals surface area contributed by atoms with Crippen molar-refractivity contribution in [2.45, 2.75) is 82.8 Å². The van der Waals surface area contributed by atoms with Gasteiger partial charge in [-0.25, -0.2) is 0 Å². The first-order valence-corrected chi connectivity index (χ1v) is 11.0. The molecule has 2 saturated carbocycles. The molecule has 0 bridgehead atoms. The zero-order valence-corrected chi connectivity index (χ0v) is 17.3. The number of nitrogens with one attached hydrogen (secondary N) is 1. The Balaban J connectivity index is 1.50. The summed E-state index contributed by atoms with van der Waals surface area (Å²) >= 11 is 0. The summed E-state index contributed by atoms with van der Waals surface area (Å²) in [7, 11) is 0. The van der Waals surface area contributed by atoms with Gasteiger partial charge in [-0.2, -0.15) is 0 Å². The number of benzene rings is 1. The van der Waals surface area contributed by atoms with E-state index in [-0.39, 0.29) is 11.4 Å². The number of ether oxygens (including phenoxy) is 2. The molecule has 1 amide bonds. The first kappa shape index (κ1) is 19.6. The van der Waals surface area contributed by atoms with Gasteiger partial charge in [0.2, 0.25) is 5.91 Å². The molecule has 154 valence electrons. The third-order valence-electron chi connectivity index (χ3n) is 6.71. The monoisotopic (exact) mass is 386 g/mol. The molecule has 1 aliphatic heterocycles. The summed E-state index contributed by atoms with van der Waals surface area (Å²) in [6.07, 6.45) is 9.29. The largest absolute Gasteiger partial charge is 0.486 e. The average molecular weight is 387 g/mol. The number of rotatable bonds is 6. The summed E-state index contributed by atoms with van der Waals surface area (Å²) in [6, 6.07) is 7.13. The van der Waals surface area contributed by atoms with Crippen LogP contribution in [0.4, 0.5) is 0 Å². The van der Waals surface area contributed by atoms with Gasteiger partial charge in [-0.05, 0) is 57.2 Å².